The molecule has 1 heterocycles. The number of piperidine rings is 1. The molecule has 1 aromatic carbocycles. The van der Waals surface area contributed by atoms with Crippen LogP contribution in [-0.2, 0) is 0 Å². The zero-order valence-corrected chi connectivity index (χ0v) is 10.3. The molecular formula is C14H21NO. The van der Waals surface area contributed by atoms with Crippen molar-refractivity contribution in [2.24, 2.45) is 0 Å². The smallest absolute Gasteiger partial charge is 0.119 e. The van der Waals surface area contributed by atoms with Gasteiger partial charge in [-0.05, 0) is 49.9 Å². The lowest BCUT2D eigenvalue weighted by atomic mass is 9.99. The summed E-state index contributed by atoms with van der Waals surface area (Å²) in [6.07, 6.45) is 5.28. The van der Waals surface area contributed by atoms with E-state index in [0.29, 0.717) is 0 Å². The van der Waals surface area contributed by atoms with Crippen molar-refractivity contribution in [1.82, 2.24) is 0 Å². The van der Waals surface area contributed by atoms with Crippen LogP contribution in [0.4, 0.5) is 5.69 Å². The van der Waals surface area contributed by atoms with Crippen LogP contribution in [-0.4, -0.2) is 19.7 Å². The molecule has 0 aromatic heterocycles. The molecule has 1 fully saturated rings. The third-order valence-electron chi connectivity index (χ3n) is 3.50. The Morgan fingerprint density at radius 3 is 2.62 bits per heavy atom. The van der Waals surface area contributed by atoms with Crippen LogP contribution >= 0.6 is 0 Å². The number of methoxy groups -OCH3 is 1. The highest BCUT2D eigenvalue weighted by Gasteiger charge is 2.20. The lowest BCUT2D eigenvalue weighted by Gasteiger charge is -2.37. The van der Waals surface area contributed by atoms with Crippen LogP contribution < -0.4 is 9.64 Å². The van der Waals surface area contributed by atoms with Gasteiger partial charge in [-0.15, -0.1) is 0 Å². The minimum absolute atomic E-state index is 0.724. The molecule has 2 rings (SSSR count). The van der Waals surface area contributed by atoms with E-state index in [9.17, 15) is 0 Å². The van der Waals surface area contributed by atoms with Gasteiger partial charge in [0.25, 0.3) is 0 Å². The van der Waals surface area contributed by atoms with Crippen molar-refractivity contribution < 1.29 is 4.74 Å². The van der Waals surface area contributed by atoms with E-state index >= 15 is 0 Å². The van der Waals surface area contributed by atoms with Crippen LogP contribution in [0, 0.1) is 0 Å². The number of benzene rings is 1. The van der Waals surface area contributed by atoms with Crippen LogP contribution in [0.5, 0.6) is 5.75 Å². The first-order chi connectivity index (χ1) is 7.85. The fourth-order valence-electron chi connectivity index (χ4n) is 2.54. The van der Waals surface area contributed by atoms with Gasteiger partial charge in [0.2, 0.25) is 0 Å². The summed E-state index contributed by atoms with van der Waals surface area (Å²) in [4.78, 5) is 2.54. The molecule has 1 aliphatic rings. The van der Waals surface area contributed by atoms with Crippen molar-refractivity contribution in [1.29, 1.82) is 0 Å². The summed E-state index contributed by atoms with van der Waals surface area (Å²) in [7, 11) is 1.71. The lowest BCUT2D eigenvalue weighted by Crippen LogP contribution is -2.39. The summed E-state index contributed by atoms with van der Waals surface area (Å²) in [5, 5.41) is 0. The third kappa shape index (κ3) is 2.31. The molecular weight excluding hydrogens is 198 g/mol. The average molecular weight is 219 g/mol. The van der Waals surface area contributed by atoms with Crippen molar-refractivity contribution in [2.45, 2.75) is 38.6 Å². The second-order valence-corrected chi connectivity index (χ2v) is 4.45. The number of nitrogens with zero attached hydrogens (tertiary/aromatic N) is 1. The quantitative estimate of drug-likeness (QED) is 0.772. The third-order valence-corrected chi connectivity index (χ3v) is 3.50. The van der Waals surface area contributed by atoms with Crippen molar-refractivity contribution in [3.05, 3.63) is 24.3 Å². The predicted octanol–water partition coefficient (Wildman–Crippen LogP) is 3.46. The number of hydrogen-bond acceptors (Lipinski definition) is 2. The van der Waals surface area contributed by atoms with Crippen molar-refractivity contribution in [3.63, 3.8) is 0 Å². The molecule has 0 aliphatic carbocycles. The molecule has 0 radical (unpaired) electrons. The monoisotopic (exact) mass is 219 g/mol. The van der Waals surface area contributed by atoms with E-state index in [-0.39, 0.29) is 0 Å². The maximum absolute atomic E-state index is 5.19. The van der Waals surface area contributed by atoms with E-state index in [1.54, 1.807) is 7.11 Å². The first-order valence-electron chi connectivity index (χ1n) is 6.26. The van der Waals surface area contributed by atoms with Gasteiger partial charge >= 0.3 is 0 Å². The molecule has 1 aromatic rings. The normalized spacial score (nSPS) is 20.9. The van der Waals surface area contributed by atoms with Gasteiger partial charge in [-0.25, -0.2) is 0 Å². The van der Waals surface area contributed by atoms with Crippen LogP contribution in [0.1, 0.15) is 32.6 Å². The second kappa shape index (κ2) is 5.24. The summed E-state index contributed by atoms with van der Waals surface area (Å²) >= 11 is 0. The summed E-state index contributed by atoms with van der Waals surface area (Å²) in [5.74, 6) is 0.939. The minimum Gasteiger partial charge on any atom is -0.497 e. The average Bonchev–Trinajstić information content (AvgIpc) is 2.39. The summed E-state index contributed by atoms with van der Waals surface area (Å²) < 4.78 is 5.19. The first-order valence-corrected chi connectivity index (χ1v) is 6.26. The SMILES string of the molecule is CCC1CCCCN1c1ccc(OC)cc1. The fraction of sp³-hybridized carbons (Fsp3) is 0.571. The van der Waals surface area contributed by atoms with Crippen LogP contribution in [0.25, 0.3) is 0 Å². The molecule has 0 bridgehead atoms. The molecule has 1 unspecified atom stereocenters. The van der Waals surface area contributed by atoms with E-state index in [2.05, 4.69) is 36.1 Å². The van der Waals surface area contributed by atoms with Crippen LogP contribution in [0.3, 0.4) is 0 Å². The molecule has 0 spiro atoms. The Hall–Kier alpha value is -1.18. The van der Waals surface area contributed by atoms with Gasteiger partial charge in [0, 0.05) is 18.3 Å². The molecule has 0 saturated carbocycles. The summed E-state index contributed by atoms with van der Waals surface area (Å²) in [5.41, 5.74) is 1.34. The Balaban J connectivity index is 2.14. The summed E-state index contributed by atoms with van der Waals surface area (Å²) in [6.45, 7) is 3.48. The highest BCUT2D eigenvalue weighted by Crippen LogP contribution is 2.27. The molecule has 0 N–H and O–H groups in total. The maximum atomic E-state index is 5.19. The van der Waals surface area contributed by atoms with Gasteiger partial charge in [-0.2, -0.15) is 0 Å². The molecule has 1 saturated heterocycles. The van der Waals surface area contributed by atoms with Crippen molar-refractivity contribution in [3.8, 4) is 5.75 Å². The van der Waals surface area contributed by atoms with E-state index in [4.69, 9.17) is 4.74 Å². The molecule has 1 aliphatic heterocycles. The molecule has 2 nitrogen and oxygen atoms in total. The van der Waals surface area contributed by atoms with E-state index in [1.165, 1.54) is 37.9 Å². The zero-order chi connectivity index (χ0) is 11.4. The number of ether oxygens (including phenoxy) is 1. The molecule has 88 valence electrons. The predicted molar refractivity (Wildman–Crippen MR) is 68.3 cm³/mol. The highest BCUT2D eigenvalue weighted by molar-refractivity contribution is 5.50. The van der Waals surface area contributed by atoms with Gasteiger partial charge in [0.15, 0.2) is 0 Å². The topological polar surface area (TPSA) is 12.5 Å². The molecule has 0 amide bonds. The second-order valence-electron chi connectivity index (χ2n) is 4.45. The van der Waals surface area contributed by atoms with Gasteiger partial charge in [0.1, 0.15) is 5.75 Å². The molecule has 1 atom stereocenters. The van der Waals surface area contributed by atoms with Gasteiger partial charge in [-0.1, -0.05) is 6.92 Å². The Labute approximate surface area is 98.2 Å². The molecule has 2 heteroatoms. The highest BCUT2D eigenvalue weighted by atomic mass is 16.5. The van der Waals surface area contributed by atoms with E-state index < -0.39 is 0 Å². The number of anilines is 1. The minimum atomic E-state index is 0.724. The van der Waals surface area contributed by atoms with Crippen LogP contribution in [0.2, 0.25) is 0 Å². The maximum Gasteiger partial charge on any atom is 0.119 e. The summed E-state index contributed by atoms with van der Waals surface area (Å²) in [6, 6.07) is 9.18. The Kier molecular flexibility index (Phi) is 3.70. The van der Waals surface area contributed by atoms with Crippen LogP contribution in [0.15, 0.2) is 24.3 Å². The van der Waals surface area contributed by atoms with Gasteiger partial charge in [-0.3, -0.25) is 0 Å². The molecule has 16 heavy (non-hydrogen) atoms. The van der Waals surface area contributed by atoms with Crippen molar-refractivity contribution >= 4 is 5.69 Å². The van der Waals surface area contributed by atoms with Gasteiger partial charge in [0.05, 0.1) is 7.11 Å². The largest absolute Gasteiger partial charge is 0.497 e. The Morgan fingerprint density at radius 1 is 1.25 bits per heavy atom. The standard InChI is InChI=1S/C14H21NO/c1-3-12-6-4-5-11-15(12)13-7-9-14(16-2)10-8-13/h7-10,12H,3-6,11H2,1-2H3. The number of rotatable bonds is 3. The Morgan fingerprint density at radius 2 is 2.00 bits per heavy atom. The van der Waals surface area contributed by atoms with Crippen molar-refractivity contribution in [2.75, 3.05) is 18.6 Å². The Bertz CT molecular complexity index is 320. The fourth-order valence-corrected chi connectivity index (χ4v) is 2.54. The lowest BCUT2D eigenvalue weighted by molar-refractivity contribution is 0.414. The zero-order valence-electron chi connectivity index (χ0n) is 10.3. The van der Waals surface area contributed by atoms with Gasteiger partial charge < -0.3 is 9.64 Å². The van der Waals surface area contributed by atoms with E-state index in [1.807, 2.05) is 0 Å². The number of hydrogen-bond donors (Lipinski definition) is 0. The van der Waals surface area contributed by atoms with E-state index in [0.717, 1.165) is 11.8 Å². The first kappa shape index (κ1) is 11.3.